The fourth-order valence-corrected chi connectivity index (χ4v) is 1.53. The molecule has 0 atom stereocenters. The van der Waals surface area contributed by atoms with Crippen molar-refractivity contribution >= 4 is 11.9 Å². The fourth-order valence-electron chi connectivity index (χ4n) is 1.53. The third kappa shape index (κ3) is 2.72. The summed E-state index contributed by atoms with van der Waals surface area (Å²) in [7, 11) is 0. The molecule has 1 N–H and O–H groups in total. The highest BCUT2D eigenvalue weighted by atomic mass is 19.1. The molecule has 1 aromatic heterocycles. The summed E-state index contributed by atoms with van der Waals surface area (Å²) in [5.74, 6) is -0.235. The number of aromatic nitrogens is 2. The number of aryl methyl sites for hydroxylation is 1. The molecule has 3 nitrogen and oxygen atoms in total. The zero-order valence-corrected chi connectivity index (χ0v) is 9.65. The molecule has 0 fully saturated rings. The first-order valence-corrected chi connectivity index (χ1v) is 5.34. The second-order valence-electron chi connectivity index (χ2n) is 3.85. The highest BCUT2D eigenvalue weighted by Crippen LogP contribution is 2.16. The molecule has 1 heterocycles. The molecule has 0 amide bonds. The van der Waals surface area contributed by atoms with Gasteiger partial charge in [-0.1, -0.05) is 12.6 Å². The zero-order chi connectivity index (χ0) is 12.3. The second-order valence-corrected chi connectivity index (χ2v) is 3.85. The molecule has 17 heavy (non-hydrogen) atoms. The van der Waals surface area contributed by atoms with Gasteiger partial charge in [0, 0.05) is 24.5 Å². The van der Waals surface area contributed by atoms with Crippen molar-refractivity contribution in [3.05, 3.63) is 54.1 Å². The van der Waals surface area contributed by atoms with Gasteiger partial charge in [-0.05, 0) is 24.6 Å². The van der Waals surface area contributed by atoms with Crippen molar-refractivity contribution in [1.82, 2.24) is 9.78 Å². The molecule has 88 valence electrons. The summed E-state index contributed by atoms with van der Waals surface area (Å²) >= 11 is 0. The highest BCUT2D eigenvalue weighted by molar-refractivity contribution is 5.46. The molecule has 0 aliphatic carbocycles. The lowest BCUT2D eigenvalue weighted by molar-refractivity contribution is 0.629. The Morgan fingerprint density at radius 3 is 3.00 bits per heavy atom. The summed E-state index contributed by atoms with van der Waals surface area (Å²) in [4.78, 5) is 0. The predicted octanol–water partition coefficient (Wildman–Crippen LogP) is 3.04. The Morgan fingerprint density at radius 2 is 2.35 bits per heavy atom. The fraction of sp³-hybridized carbons (Fsp3) is 0.154. The number of hydrogen-bond acceptors (Lipinski definition) is 2. The molecular weight excluding hydrogens is 217 g/mol. The maximum atomic E-state index is 13.5. The molecule has 2 aromatic rings. The van der Waals surface area contributed by atoms with E-state index in [2.05, 4.69) is 17.0 Å². The van der Waals surface area contributed by atoms with E-state index in [1.165, 1.54) is 6.07 Å². The van der Waals surface area contributed by atoms with Crippen LogP contribution in [-0.2, 0) is 6.54 Å². The zero-order valence-electron chi connectivity index (χ0n) is 9.65. The normalized spacial score (nSPS) is 10.2. The van der Waals surface area contributed by atoms with E-state index in [0.29, 0.717) is 12.2 Å². The number of benzene rings is 1. The summed E-state index contributed by atoms with van der Waals surface area (Å²) in [6.07, 6.45) is 5.17. The Hall–Kier alpha value is -2.10. The van der Waals surface area contributed by atoms with Gasteiger partial charge in [0.25, 0.3) is 0 Å². The minimum absolute atomic E-state index is 0.235. The lowest BCUT2D eigenvalue weighted by atomic mass is 10.2. The maximum absolute atomic E-state index is 13.5. The van der Waals surface area contributed by atoms with Crippen molar-refractivity contribution in [2.75, 3.05) is 5.32 Å². The third-order valence-electron chi connectivity index (χ3n) is 2.45. The van der Waals surface area contributed by atoms with Crippen LogP contribution in [0.3, 0.4) is 0 Å². The van der Waals surface area contributed by atoms with E-state index in [9.17, 15) is 4.39 Å². The van der Waals surface area contributed by atoms with Crippen molar-refractivity contribution in [2.45, 2.75) is 13.5 Å². The molecule has 0 aliphatic rings. The molecule has 0 aliphatic heterocycles. The molecule has 0 spiro atoms. The summed E-state index contributed by atoms with van der Waals surface area (Å²) in [6, 6.07) is 5.12. The van der Waals surface area contributed by atoms with Crippen LogP contribution >= 0.6 is 0 Å². The minimum Gasteiger partial charge on any atom is -0.378 e. The Morgan fingerprint density at radius 1 is 1.53 bits per heavy atom. The van der Waals surface area contributed by atoms with E-state index in [0.717, 1.165) is 11.1 Å². The molecule has 2 rings (SSSR count). The Balaban J connectivity index is 2.04. The lowest BCUT2D eigenvalue weighted by Gasteiger charge is -2.06. The predicted molar refractivity (Wildman–Crippen MR) is 67.1 cm³/mol. The molecule has 1 aromatic carbocycles. The molecule has 0 saturated carbocycles. The maximum Gasteiger partial charge on any atom is 0.146 e. The summed E-state index contributed by atoms with van der Waals surface area (Å²) < 4.78 is 15.1. The van der Waals surface area contributed by atoms with Gasteiger partial charge in [0.05, 0.1) is 11.9 Å². The van der Waals surface area contributed by atoms with Gasteiger partial charge in [0.1, 0.15) is 5.82 Å². The standard InChI is InChI=1S/C13H14FN3/c1-3-17-9-11(8-16-17)7-15-13-5-4-10(2)6-12(13)14/h3-6,8-9,15H,1,7H2,2H3. The van der Waals surface area contributed by atoms with Crippen LogP contribution in [0.25, 0.3) is 6.20 Å². The molecule has 0 radical (unpaired) electrons. The van der Waals surface area contributed by atoms with Gasteiger partial charge in [0.2, 0.25) is 0 Å². The molecular formula is C13H14FN3. The molecule has 0 unspecified atom stereocenters. The quantitative estimate of drug-likeness (QED) is 0.876. The van der Waals surface area contributed by atoms with Crippen LogP contribution in [-0.4, -0.2) is 9.78 Å². The van der Waals surface area contributed by atoms with Crippen LogP contribution in [0, 0.1) is 12.7 Å². The van der Waals surface area contributed by atoms with Crippen molar-refractivity contribution in [1.29, 1.82) is 0 Å². The Labute approximate surface area is 99.6 Å². The topological polar surface area (TPSA) is 29.9 Å². The first-order chi connectivity index (χ1) is 8.19. The van der Waals surface area contributed by atoms with E-state index < -0.39 is 0 Å². The summed E-state index contributed by atoms with van der Waals surface area (Å²) in [5.41, 5.74) is 2.39. The third-order valence-corrected chi connectivity index (χ3v) is 2.45. The van der Waals surface area contributed by atoms with E-state index in [1.807, 2.05) is 19.2 Å². The first kappa shape index (κ1) is 11.4. The molecule has 0 bridgehead atoms. The van der Waals surface area contributed by atoms with E-state index in [-0.39, 0.29) is 5.82 Å². The number of nitrogens with one attached hydrogen (secondary N) is 1. The highest BCUT2D eigenvalue weighted by Gasteiger charge is 2.02. The van der Waals surface area contributed by atoms with Crippen molar-refractivity contribution in [2.24, 2.45) is 0 Å². The minimum atomic E-state index is -0.235. The number of nitrogens with zero attached hydrogens (tertiary/aromatic N) is 2. The number of halogens is 1. The smallest absolute Gasteiger partial charge is 0.146 e. The van der Waals surface area contributed by atoms with Gasteiger partial charge in [-0.25, -0.2) is 9.07 Å². The van der Waals surface area contributed by atoms with Gasteiger partial charge in [-0.15, -0.1) is 0 Å². The largest absolute Gasteiger partial charge is 0.378 e. The summed E-state index contributed by atoms with van der Waals surface area (Å²) in [6.45, 7) is 6.00. The van der Waals surface area contributed by atoms with Crippen molar-refractivity contribution < 1.29 is 4.39 Å². The monoisotopic (exact) mass is 231 g/mol. The Bertz CT molecular complexity index is 531. The summed E-state index contributed by atoms with van der Waals surface area (Å²) in [5, 5.41) is 7.08. The van der Waals surface area contributed by atoms with Crippen LogP contribution < -0.4 is 5.32 Å². The Kier molecular flexibility index (Phi) is 3.23. The van der Waals surface area contributed by atoms with Gasteiger partial charge < -0.3 is 5.32 Å². The van der Waals surface area contributed by atoms with Crippen LogP contribution in [0.5, 0.6) is 0 Å². The van der Waals surface area contributed by atoms with Gasteiger partial charge in [-0.2, -0.15) is 5.10 Å². The number of hydrogen-bond donors (Lipinski definition) is 1. The van der Waals surface area contributed by atoms with Crippen LogP contribution in [0.4, 0.5) is 10.1 Å². The van der Waals surface area contributed by atoms with Gasteiger partial charge in [-0.3, -0.25) is 0 Å². The van der Waals surface area contributed by atoms with Crippen LogP contribution in [0.2, 0.25) is 0 Å². The van der Waals surface area contributed by atoms with Crippen molar-refractivity contribution in [3.63, 3.8) is 0 Å². The van der Waals surface area contributed by atoms with Gasteiger partial charge >= 0.3 is 0 Å². The van der Waals surface area contributed by atoms with Crippen molar-refractivity contribution in [3.8, 4) is 0 Å². The molecule has 0 saturated heterocycles. The average molecular weight is 231 g/mol. The average Bonchev–Trinajstić information content (AvgIpc) is 2.76. The van der Waals surface area contributed by atoms with E-state index in [1.54, 1.807) is 23.1 Å². The number of anilines is 1. The lowest BCUT2D eigenvalue weighted by Crippen LogP contribution is -2.00. The number of rotatable bonds is 4. The SMILES string of the molecule is C=Cn1cc(CNc2ccc(C)cc2F)cn1. The van der Waals surface area contributed by atoms with Crippen LogP contribution in [0.15, 0.2) is 37.2 Å². The second kappa shape index (κ2) is 4.82. The van der Waals surface area contributed by atoms with Crippen LogP contribution in [0.1, 0.15) is 11.1 Å². The van der Waals surface area contributed by atoms with E-state index in [4.69, 9.17) is 0 Å². The first-order valence-electron chi connectivity index (χ1n) is 5.34. The van der Waals surface area contributed by atoms with E-state index >= 15 is 0 Å². The molecule has 4 heteroatoms. The van der Waals surface area contributed by atoms with Gasteiger partial charge in [0.15, 0.2) is 0 Å².